The third kappa shape index (κ3) is 24.7. The minimum absolute atomic E-state index is 0.0103. The average molecular weight is 1570 g/mol. The third-order valence-corrected chi connectivity index (χ3v) is 20.0. The van der Waals surface area contributed by atoms with E-state index in [9.17, 15) is 93.3 Å². The van der Waals surface area contributed by atoms with Crippen molar-refractivity contribution in [1.29, 1.82) is 0 Å². The number of ether oxygens (including phenoxy) is 6. The Morgan fingerprint density at radius 3 is 2.21 bits per heavy atom. The van der Waals surface area contributed by atoms with Gasteiger partial charge in [-0.3, -0.25) is 47.9 Å². The average Bonchev–Trinajstić information content (AvgIpc) is 1.41. The number of oxime groups is 1. The number of nitrogens with two attached hydrogens (primary N) is 1. The molecule has 3 aromatic rings. The molecule has 11 amide bonds. The largest absolute Gasteiger partial charge is 0.610 e. The maximum absolute atomic E-state index is 15.2. The zero-order chi connectivity index (χ0) is 80.5. The van der Waals surface area contributed by atoms with Crippen molar-refractivity contribution >= 4 is 99.4 Å². The quantitative estimate of drug-likeness (QED) is 0.0124. The number of aliphatic carboxylic acids is 1. The van der Waals surface area contributed by atoms with Gasteiger partial charge in [0.05, 0.1) is 82.4 Å². The second-order valence-corrected chi connectivity index (χ2v) is 28.2. The van der Waals surface area contributed by atoms with E-state index in [4.69, 9.17) is 39.0 Å². The van der Waals surface area contributed by atoms with Crippen molar-refractivity contribution in [3.05, 3.63) is 53.1 Å². The minimum atomic E-state index is -2.47. The summed E-state index contributed by atoms with van der Waals surface area (Å²) in [5.74, 6) is -14.7. The first-order valence-electron chi connectivity index (χ1n) is 35.9. The Morgan fingerprint density at radius 1 is 0.809 bits per heavy atom. The lowest BCUT2D eigenvalue weighted by molar-refractivity contribution is -0.271. The molecule has 0 spiro atoms. The Labute approximate surface area is 634 Å². The molecule has 110 heavy (non-hydrogen) atoms. The molecule has 1 aromatic heterocycles. The molecule has 1 unspecified atom stereocenters. The highest BCUT2D eigenvalue weighted by molar-refractivity contribution is 7.91. The predicted molar refractivity (Wildman–Crippen MR) is 383 cm³/mol. The second-order valence-electron chi connectivity index (χ2n) is 26.7. The number of nitrogens with one attached hydrogen (secondary N) is 9. The number of primary amides is 1. The van der Waals surface area contributed by atoms with Crippen molar-refractivity contribution in [2.45, 2.75) is 170 Å². The van der Waals surface area contributed by atoms with Crippen LogP contribution in [0.5, 0.6) is 11.5 Å². The first-order chi connectivity index (χ1) is 52.4. The number of aromatic amines is 1. The van der Waals surface area contributed by atoms with Gasteiger partial charge in [0.15, 0.2) is 12.1 Å². The summed E-state index contributed by atoms with van der Waals surface area (Å²) in [7, 11) is 1.51. The molecule has 2 fully saturated rings. The van der Waals surface area contributed by atoms with Gasteiger partial charge >= 0.3 is 12.1 Å². The van der Waals surface area contributed by atoms with Gasteiger partial charge in [-0.15, -0.1) is 0 Å². The van der Waals surface area contributed by atoms with Gasteiger partial charge in [-0.1, -0.05) is 51.3 Å². The van der Waals surface area contributed by atoms with Crippen LogP contribution in [-0.2, 0) is 95.9 Å². The lowest BCUT2D eigenvalue weighted by Crippen LogP contribution is -2.62. The van der Waals surface area contributed by atoms with Crippen molar-refractivity contribution in [3.63, 3.8) is 0 Å². The van der Waals surface area contributed by atoms with Crippen molar-refractivity contribution in [2.75, 3.05) is 91.8 Å². The van der Waals surface area contributed by atoms with E-state index in [0.717, 1.165) is 4.90 Å². The number of fused-ring (bicyclic) bond motifs is 5. The molecule has 2 aromatic carbocycles. The Hall–Kier alpha value is -9.56. The van der Waals surface area contributed by atoms with Crippen LogP contribution in [-0.4, -0.2) is 303 Å². The number of amides is 11. The van der Waals surface area contributed by atoms with Crippen LogP contribution in [0.2, 0.25) is 0 Å². The molecule has 41 heteroatoms. The van der Waals surface area contributed by atoms with E-state index < -0.39 is 225 Å². The van der Waals surface area contributed by atoms with E-state index in [0.29, 0.717) is 37.7 Å². The van der Waals surface area contributed by atoms with Crippen LogP contribution in [0.1, 0.15) is 94.1 Å². The van der Waals surface area contributed by atoms with Crippen molar-refractivity contribution in [1.82, 2.24) is 57.3 Å². The Morgan fingerprint density at radius 2 is 1.51 bits per heavy atom. The fourth-order valence-corrected chi connectivity index (χ4v) is 13.6. The molecule has 16 atom stereocenters. The first-order valence-corrected chi connectivity index (χ1v) is 37.2. The van der Waals surface area contributed by atoms with Gasteiger partial charge in [0.2, 0.25) is 64.5 Å². The van der Waals surface area contributed by atoms with Crippen LogP contribution < -0.4 is 57.7 Å². The number of aliphatic hydroxyl groups is 6. The molecule has 4 aliphatic rings. The van der Waals surface area contributed by atoms with E-state index >= 15 is 4.55 Å². The van der Waals surface area contributed by atoms with E-state index in [-0.39, 0.29) is 97.9 Å². The van der Waals surface area contributed by atoms with E-state index in [2.05, 4.69) is 52.7 Å². The summed E-state index contributed by atoms with van der Waals surface area (Å²) >= 11 is -2.47. The number of benzene rings is 2. The summed E-state index contributed by atoms with van der Waals surface area (Å²) in [5.41, 5.74) is 6.00. The van der Waals surface area contributed by atoms with Crippen LogP contribution in [0.15, 0.2) is 46.6 Å². The Bertz CT molecular complexity index is 3740. The van der Waals surface area contributed by atoms with Gasteiger partial charge in [0.25, 0.3) is 5.91 Å². The molecule has 5 heterocycles. The number of hydrogen-bond acceptors (Lipinski definition) is 27. The lowest BCUT2D eigenvalue weighted by atomic mass is 9.93. The zero-order valence-electron chi connectivity index (χ0n) is 61.4. The maximum Gasteiger partial charge on any atom is 0.409 e. The fourth-order valence-electron chi connectivity index (χ4n) is 12.2. The van der Waals surface area contributed by atoms with Crippen LogP contribution in [0, 0.1) is 11.8 Å². The molecule has 0 aliphatic carbocycles. The summed E-state index contributed by atoms with van der Waals surface area (Å²) in [6, 6.07) is -1.68. The second kappa shape index (κ2) is 42.6. The lowest BCUT2D eigenvalue weighted by Gasteiger charge is -2.38. The number of rotatable bonds is 31. The Kier molecular flexibility index (Phi) is 33.9. The molecule has 40 nitrogen and oxygen atoms in total. The number of hydrogen-bond donors (Lipinski definition) is 17. The molecule has 608 valence electrons. The van der Waals surface area contributed by atoms with Crippen LogP contribution in [0.25, 0.3) is 10.9 Å². The molecule has 0 radical (unpaired) electrons. The highest BCUT2D eigenvalue weighted by atomic mass is 32.2. The zero-order valence-corrected chi connectivity index (χ0v) is 62.2. The predicted octanol–water partition coefficient (Wildman–Crippen LogP) is -5.36. The molecule has 18 N–H and O–H groups in total. The van der Waals surface area contributed by atoms with Crippen molar-refractivity contribution in [2.24, 2.45) is 22.7 Å². The number of carboxylic acids is 1. The van der Waals surface area contributed by atoms with Gasteiger partial charge in [0.1, 0.15) is 79.0 Å². The summed E-state index contributed by atoms with van der Waals surface area (Å²) in [6.45, 7) is 4.20. The Balaban J connectivity index is 1.07. The van der Waals surface area contributed by atoms with Crippen molar-refractivity contribution < 1.29 is 131 Å². The number of aromatic nitrogens is 1. The molecule has 2 saturated heterocycles. The molecular formula is C69H99N13O27S. The number of aliphatic hydroxyl groups excluding tert-OH is 6. The molecule has 2 bridgehead atoms. The standard InChI is InChI=1S/C69H99N13O27S/c1-6-35(3)53-63(96)73-29-51(87)75-46-34-110(102)65-41(27-44(60(93)72-30-52(88)79-53)76-64(97)54(36(4)48(85)32-83)80-62(95)47-25-38(84)31-82(47)66(98)45(28-50(70)86)77-61(46)94)40-14-13-39(26-43(40)78-65)105-18-11-9-8-10-17-81(5)69(101)106-33-37-12-15-49(108-68-57(91)55(89)56(90)58(109-68)67(99)100)42(24-37)59(92)71-16-19-103-20-21-104-22-23-107-74-7-2/h7,12-15,24,26,35-36,38,44-48,53-58,68,78,83-85,89-91H,6,8-11,16-23,25,27-34H2,1-5H3,(H2,70,86)(H,71,92)(H,72,93)(H,73,96)(H,75,87)(H,76,97)(H,77,94)(H,79,88)(H,80,95)(H,99,100)/t35-,36-,38+,44-,45-,46-,47-,48-,53-,54-,55-,56-,57+,58-,68+,110?/m0/s1. The van der Waals surface area contributed by atoms with Gasteiger partial charge < -0.3 is 137 Å². The monoisotopic (exact) mass is 1570 g/mol. The number of carbonyl (C=O) groups is 12. The molecular weight excluding hydrogens is 1470 g/mol. The van der Waals surface area contributed by atoms with Crippen LogP contribution >= 0.6 is 0 Å². The topological polar surface area (TPSA) is 591 Å². The first kappa shape index (κ1) is 87.7. The third-order valence-electron chi connectivity index (χ3n) is 18.6. The number of carbonyl (C=O) groups excluding carboxylic acids is 11. The highest BCUT2D eigenvalue weighted by Gasteiger charge is 2.49. The summed E-state index contributed by atoms with van der Waals surface area (Å²) in [4.78, 5) is 176. The van der Waals surface area contributed by atoms with E-state index in [1.165, 1.54) is 49.4 Å². The van der Waals surface area contributed by atoms with Crippen LogP contribution in [0.3, 0.4) is 0 Å². The molecule has 4 aliphatic heterocycles. The van der Waals surface area contributed by atoms with Gasteiger partial charge in [0, 0.05) is 79.8 Å². The SMILES string of the molecule is CC=NOCCOCCOCCNC(=O)c1cc(COC(=O)N(C)CCCCCCOc2ccc3c4c([nH]c3c2)[S+]([O-])C[C@@H]2NC(=O)CNC(=O)[C@H]([C@@H](C)CC)NC(=O)CNC(=O)[C@H](C4)NC(=O)[C@H]([C@@H](C)[C@@H](O)CO)NC(=O)[C@@H]3C[C@@H](O)CN3C(=O)[C@H](CC(N)=O)NC2=O)ccc1O[C@@H]1O[C@H](C(=O)O)[C@@H](O)[C@H](O)[C@H]1O. The molecule has 7 rings (SSSR count). The van der Waals surface area contributed by atoms with Gasteiger partial charge in [-0.25, -0.2) is 9.59 Å². The maximum atomic E-state index is 15.2. The highest BCUT2D eigenvalue weighted by Crippen LogP contribution is 2.33. The smallest absolute Gasteiger partial charge is 0.409 e. The number of unbranched alkanes of at least 4 members (excludes halogenated alkanes) is 3. The number of nitrogens with zero attached hydrogens (tertiary/aromatic N) is 3. The summed E-state index contributed by atoms with van der Waals surface area (Å²) < 4.78 is 48.9. The van der Waals surface area contributed by atoms with Crippen LogP contribution in [0.4, 0.5) is 4.79 Å². The van der Waals surface area contributed by atoms with Gasteiger partial charge in [-0.2, -0.15) is 0 Å². The number of H-pyrrole nitrogens is 1. The normalized spacial score (nSPS) is 25.6. The fraction of sp³-hybridized carbons (Fsp3) is 0.609. The van der Waals surface area contributed by atoms with Crippen molar-refractivity contribution in [3.8, 4) is 11.5 Å². The summed E-state index contributed by atoms with van der Waals surface area (Å²) in [6.07, 6.45) is -11.6. The van der Waals surface area contributed by atoms with E-state index in [1.807, 2.05) is 0 Å². The van der Waals surface area contributed by atoms with Gasteiger partial charge in [-0.05, 0) is 55.5 Å². The minimum Gasteiger partial charge on any atom is -0.610 e. The molecule has 0 saturated carbocycles. The summed E-state index contributed by atoms with van der Waals surface area (Å²) in [5, 5.41) is 96.5. The number of carboxylic acid groups (broad SMARTS) is 1. The van der Waals surface area contributed by atoms with E-state index in [1.54, 1.807) is 32.9 Å².